The van der Waals surface area contributed by atoms with Gasteiger partial charge in [0.2, 0.25) is 0 Å². The number of carboxylic acid groups (broad SMARTS) is 1. The molecule has 0 saturated carbocycles. The molecule has 1 atom stereocenters. The predicted molar refractivity (Wildman–Crippen MR) is 131 cm³/mol. The van der Waals surface area contributed by atoms with E-state index >= 15 is 0 Å². The molecule has 1 saturated heterocycles. The maximum Gasteiger partial charge on any atom is 0.339 e. The minimum absolute atomic E-state index is 0.0533. The highest BCUT2D eigenvalue weighted by Crippen LogP contribution is 2.38. The van der Waals surface area contributed by atoms with Crippen LogP contribution in [0.1, 0.15) is 54.1 Å². The minimum atomic E-state index is -3.99. The SMILES string of the molecule is C=Cc1ccc2c(c1)CCC(CC)N2S(=O)(=O)c1ccc(OCC2CCOCC2)c(C(=O)O)c1. The highest BCUT2D eigenvalue weighted by Gasteiger charge is 2.36. The zero-order chi connectivity index (χ0) is 24.3. The average molecular weight is 486 g/mol. The first-order chi connectivity index (χ1) is 16.3. The fourth-order valence-electron chi connectivity index (χ4n) is 4.68. The molecule has 182 valence electrons. The summed E-state index contributed by atoms with van der Waals surface area (Å²) in [5.41, 5.74) is 2.37. The summed E-state index contributed by atoms with van der Waals surface area (Å²) in [6, 6.07) is 9.55. The van der Waals surface area contributed by atoms with Gasteiger partial charge in [-0.25, -0.2) is 13.2 Å². The lowest BCUT2D eigenvalue weighted by molar-refractivity contribution is 0.0490. The number of hydrogen-bond acceptors (Lipinski definition) is 5. The van der Waals surface area contributed by atoms with Crippen LogP contribution in [0.5, 0.6) is 5.75 Å². The highest BCUT2D eigenvalue weighted by molar-refractivity contribution is 7.92. The molecule has 0 bridgehead atoms. The topological polar surface area (TPSA) is 93.1 Å². The van der Waals surface area contributed by atoms with E-state index in [9.17, 15) is 18.3 Å². The van der Waals surface area contributed by atoms with Gasteiger partial charge in [0.15, 0.2) is 0 Å². The molecule has 4 rings (SSSR count). The van der Waals surface area contributed by atoms with Crippen LogP contribution in [0, 0.1) is 5.92 Å². The van der Waals surface area contributed by atoms with Gasteiger partial charge in [0, 0.05) is 19.3 Å². The third-order valence-electron chi connectivity index (χ3n) is 6.68. The summed E-state index contributed by atoms with van der Waals surface area (Å²) in [5.74, 6) is -0.755. The third kappa shape index (κ3) is 4.83. The van der Waals surface area contributed by atoms with Gasteiger partial charge in [-0.3, -0.25) is 4.31 Å². The van der Waals surface area contributed by atoms with Gasteiger partial charge in [0.1, 0.15) is 11.3 Å². The fraction of sp³-hybridized carbons (Fsp3) is 0.423. The maximum absolute atomic E-state index is 13.8. The first-order valence-electron chi connectivity index (χ1n) is 11.7. The zero-order valence-corrected chi connectivity index (χ0v) is 20.2. The summed E-state index contributed by atoms with van der Waals surface area (Å²) in [7, 11) is -3.99. The van der Waals surface area contributed by atoms with Gasteiger partial charge < -0.3 is 14.6 Å². The quantitative estimate of drug-likeness (QED) is 0.580. The first-order valence-corrected chi connectivity index (χ1v) is 13.2. The molecule has 7 nitrogen and oxygen atoms in total. The van der Waals surface area contributed by atoms with Crippen LogP contribution in [0.25, 0.3) is 6.08 Å². The number of benzene rings is 2. The standard InChI is InChI=1S/C26H31NO6S/c1-3-18-5-9-24-20(15-18)6-7-21(4-2)27(24)34(30,31)22-8-10-25(23(16-22)26(28)29)33-17-19-11-13-32-14-12-19/h3,5,8-10,15-16,19,21H,1,4,6-7,11-14,17H2,2H3,(H,28,29). The molecule has 2 heterocycles. The summed E-state index contributed by atoms with van der Waals surface area (Å²) in [5, 5.41) is 9.80. The van der Waals surface area contributed by atoms with Crippen LogP contribution in [0.4, 0.5) is 5.69 Å². The maximum atomic E-state index is 13.8. The highest BCUT2D eigenvalue weighted by atomic mass is 32.2. The predicted octanol–water partition coefficient (Wildman–Crippen LogP) is 4.75. The van der Waals surface area contributed by atoms with Gasteiger partial charge in [-0.2, -0.15) is 0 Å². The van der Waals surface area contributed by atoms with E-state index in [2.05, 4.69) is 6.58 Å². The van der Waals surface area contributed by atoms with E-state index in [4.69, 9.17) is 9.47 Å². The van der Waals surface area contributed by atoms with Crippen LogP contribution in [-0.4, -0.2) is 45.4 Å². The van der Waals surface area contributed by atoms with E-state index in [-0.39, 0.29) is 28.2 Å². The second-order valence-corrected chi connectivity index (χ2v) is 10.6. The number of carbonyl (C=O) groups is 1. The first kappa shape index (κ1) is 24.3. The van der Waals surface area contributed by atoms with Crippen molar-refractivity contribution in [2.75, 3.05) is 24.1 Å². The lowest BCUT2D eigenvalue weighted by atomic mass is 9.95. The van der Waals surface area contributed by atoms with Crippen LogP contribution in [0.15, 0.2) is 47.9 Å². The Kier molecular flexibility index (Phi) is 7.28. The normalized spacial score (nSPS) is 18.9. The molecule has 2 aliphatic heterocycles. The number of carboxylic acids is 1. The molecule has 1 unspecified atom stereocenters. The van der Waals surface area contributed by atoms with E-state index in [1.54, 1.807) is 6.08 Å². The number of rotatable bonds is 8. The third-order valence-corrected chi connectivity index (χ3v) is 8.54. The largest absolute Gasteiger partial charge is 0.492 e. The zero-order valence-electron chi connectivity index (χ0n) is 19.4. The van der Waals surface area contributed by atoms with Crippen molar-refractivity contribution in [1.82, 2.24) is 0 Å². The van der Waals surface area contributed by atoms with Gasteiger partial charge in [-0.15, -0.1) is 0 Å². The molecule has 0 spiro atoms. The Bertz CT molecular complexity index is 1170. The van der Waals surface area contributed by atoms with Crippen molar-refractivity contribution < 1.29 is 27.8 Å². The van der Waals surface area contributed by atoms with E-state index in [1.165, 1.54) is 22.5 Å². The van der Waals surface area contributed by atoms with Crippen LogP contribution < -0.4 is 9.04 Å². The lowest BCUT2D eigenvalue weighted by Gasteiger charge is -2.37. The Morgan fingerprint density at radius 1 is 1.21 bits per heavy atom. The molecule has 2 aromatic carbocycles. The number of aryl methyl sites for hydroxylation is 1. The summed E-state index contributed by atoms with van der Waals surface area (Å²) >= 11 is 0. The number of hydrogen-bond donors (Lipinski definition) is 1. The Balaban J connectivity index is 1.68. The van der Waals surface area contributed by atoms with Gasteiger partial charge in [-0.1, -0.05) is 25.6 Å². The van der Waals surface area contributed by atoms with Crippen molar-refractivity contribution in [1.29, 1.82) is 0 Å². The minimum Gasteiger partial charge on any atom is -0.492 e. The van der Waals surface area contributed by atoms with Gasteiger partial charge >= 0.3 is 5.97 Å². The van der Waals surface area contributed by atoms with Gasteiger partial charge in [-0.05, 0) is 79.5 Å². The molecule has 1 fully saturated rings. The second-order valence-electron chi connectivity index (χ2n) is 8.82. The monoisotopic (exact) mass is 485 g/mol. The summed E-state index contributed by atoms with van der Waals surface area (Å²) in [4.78, 5) is 11.9. The number of aromatic carboxylic acids is 1. The molecule has 2 aromatic rings. The number of sulfonamides is 1. The van der Waals surface area contributed by atoms with E-state index in [0.29, 0.717) is 38.3 Å². The number of anilines is 1. The van der Waals surface area contributed by atoms with Gasteiger partial charge in [0.25, 0.3) is 10.0 Å². The number of ether oxygens (including phenoxy) is 2. The van der Waals surface area contributed by atoms with E-state index in [1.807, 2.05) is 25.1 Å². The van der Waals surface area contributed by atoms with Crippen LogP contribution >= 0.6 is 0 Å². The molecule has 0 amide bonds. The molecule has 34 heavy (non-hydrogen) atoms. The summed E-state index contributed by atoms with van der Waals surface area (Å²) < 4.78 is 40.3. The van der Waals surface area contributed by atoms with Crippen molar-refractivity contribution in [3.05, 3.63) is 59.7 Å². The molecule has 1 N–H and O–H groups in total. The lowest BCUT2D eigenvalue weighted by Crippen LogP contribution is -2.43. The number of fused-ring (bicyclic) bond motifs is 1. The Morgan fingerprint density at radius 3 is 2.65 bits per heavy atom. The van der Waals surface area contributed by atoms with E-state index < -0.39 is 16.0 Å². The van der Waals surface area contributed by atoms with Crippen LogP contribution in [0.3, 0.4) is 0 Å². The Labute approximate surface area is 201 Å². The van der Waals surface area contributed by atoms with Crippen molar-refractivity contribution in [2.24, 2.45) is 5.92 Å². The Morgan fingerprint density at radius 2 is 1.97 bits per heavy atom. The second kappa shape index (κ2) is 10.2. The summed E-state index contributed by atoms with van der Waals surface area (Å²) in [6.45, 7) is 7.47. The Hall–Kier alpha value is -2.84. The molecule has 8 heteroatoms. The van der Waals surface area contributed by atoms with Crippen molar-refractivity contribution in [3.8, 4) is 5.75 Å². The fourth-order valence-corrected chi connectivity index (χ4v) is 6.49. The van der Waals surface area contributed by atoms with Crippen molar-refractivity contribution >= 4 is 27.8 Å². The average Bonchev–Trinajstić information content (AvgIpc) is 2.86. The molecule has 2 aliphatic rings. The van der Waals surface area contributed by atoms with E-state index in [0.717, 1.165) is 30.4 Å². The smallest absolute Gasteiger partial charge is 0.339 e. The van der Waals surface area contributed by atoms with Crippen LogP contribution in [-0.2, 0) is 21.2 Å². The van der Waals surface area contributed by atoms with Gasteiger partial charge in [0.05, 0.1) is 17.2 Å². The molecule has 0 radical (unpaired) electrons. The number of nitrogens with zero attached hydrogens (tertiary/aromatic N) is 1. The van der Waals surface area contributed by atoms with Crippen molar-refractivity contribution in [3.63, 3.8) is 0 Å². The van der Waals surface area contributed by atoms with Crippen LogP contribution in [0.2, 0.25) is 0 Å². The molecule has 0 aromatic heterocycles. The molecular weight excluding hydrogens is 454 g/mol. The molecular formula is C26H31NO6S. The summed E-state index contributed by atoms with van der Waals surface area (Å²) in [6.07, 6.45) is 5.58. The van der Waals surface area contributed by atoms with Crippen molar-refractivity contribution in [2.45, 2.75) is 50.0 Å². The molecule has 0 aliphatic carbocycles.